The molecule has 0 aromatic heterocycles. The second-order valence-electron chi connectivity index (χ2n) is 11.4. The van der Waals surface area contributed by atoms with Gasteiger partial charge in [-0.05, 0) is 26.7 Å². The van der Waals surface area contributed by atoms with Crippen LogP contribution in [0.3, 0.4) is 0 Å². The van der Waals surface area contributed by atoms with E-state index >= 15 is 0 Å². The molecule has 0 bridgehead atoms. The second kappa shape index (κ2) is 23.6. The van der Waals surface area contributed by atoms with Crippen LogP contribution in [0.1, 0.15) is 161 Å². The van der Waals surface area contributed by atoms with Gasteiger partial charge in [0.15, 0.2) is 0 Å². The lowest BCUT2D eigenvalue weighted by molar-refractivity contribution is -0.938. The highest BCUT2D eigenvalue weighted by molar-refractivity contribution is 5.13. The Morgan fingerprint density at radius 3 is 1.11 bits per heavy atom. The normalized spacial score (nSPS) is 11.9. The molecular weight excluding hydrogens is 422 g/mol. The van der Waals surface area contributed by atoms with Crippen molar-refractivity contribution < 1.29 is 4.48 Å². The van der Waals surface area contributed by atoms with Gasteiger partial charge in [-0.15, -0.1) is 0 Å². The Bertz CT molecular complexity index is 533. The summed E-state index contributed by atoms with van der Waals surface area (Å²) in [7, 11) is 0. The maximum absolute atomic E-state index is 2.38. The van der Waals surface area contributed by atoms with E-state index in [-0.39, 0.29) is 0 Å². The molecule has 0 atom stereocenters. The fraction of sp³-hybridized carbons (Fsp3) is 0.824. The zero-order chi connectivity index (χ0) is 25.3. The summed E-state index contributed by atoms with van der Waals surface area (Å²) >= 11 is 0. The van der Waals surface area contributed by atoms with Gasteiger partial charge in [-0.25, -0.2) is 0 Å². The van der Waals surface area contributed by atoms with E-state index in [1.165, 1.54) is 171 Å². The molecule has 0 heterocycles. The predicted molar refractivity (Wildman–Crippen MR) is 159 cm³/mol. The molecule has 1 rings (SSSR count). The van der Waals surface area contributed by atoms with E-state index in [9.17, 15) is 0 Å². The lowest BCUT2D eigenvalue weighted by Gasteiger charge is -2.37. The van der Waals surface area contributed by atoms with Gasteiger partial charge in [0.1, 0.15) is 6.54 Å². The lowest BCUT2D eigenvalue weighted by Crippen LogP contribution is -2.47. The van der Waals surface area contributed by atoms with Gasteiger partial charge in [-0.3, -0.25) is 0 Å². The monoisotopic (exact) mass is 487 g/mol. The van der Waals surface area contributed by atoms with Gasteiger partial charge in [0, 0.05) is 5.56 Å². The summed E-state index contributed by atoms with van der Waals surface area (Å²) in [5, 5.41) is 0. The van der Waals surface area contributed by atoms with Crippen molar-refractivity contribution in [1.29, 1.82) is 0 Å². The number of quaternary nitrogens is 1. The van der Waals surface area contributed by atoms with Crippen LogP contribution in [-0.4, -0.2) is 24.1 Å². The van der Waals surface area contributed by atoms with Crippen LogP contribution in [0.5, 0.6) is 0 Å². The van der Waals surface area contributed by atoms with Crippen LogP contribution >= 0.6 is 0 Å². The molecule has 0 aliphatic carbocycles. The molecule has 204 valence electrons. The zero-order valence-electron chi connectivity index (χ0n) is 24.5. The van der Waals surface area contributed by atoms with E-state index in [1.807, 2.05) is 0 Å². The van der Waals surface area contributed by atoms with E-state index in [1.54, 1.807) is 0 Å². The number of nitrogens with zero attached hydrogens (tertiary/aromatic N) is 1. The van der Waals surface area contributed by atoms with E-state index in [4.69, 9.17) is 0 Å². The van der Waals surface area contributed by atoms with E-state index in [0.717, 1.165) is 0 Å². The van der Waals surface area contributed by atoms with Crippen molar-refractivity contribution in [2.24, 2.45) is 0 Å². The van der Waals surface area contributed by atoms with Crippen molar-refractivity contribution >= 4 is 0 Å². The average molecular weight is 487 g/mol. The Morgan fingerprint density at radius 1 is 0.429 bits per heavy atom. The van der Waals surface area contributed by atoms with Crippen molar-refractivity contribution in [2.75, 3.05) is 19.6 Å². The Balaban J connectivity index is 1.85. The number of rotatable bonds is 26. The first-order chi connectivity index (χ1) is 17.3. The smallest absolute Gasteiger partial charge is 0.104 e. The van der Waals surface area contributed by atoms with Gasteiger partial charge in [0.2, 0.25) is 0 Å². The molecule has 1 aromatic carbocycles. The highest BCUT2D eigenvalue weighted by atomic mass is 15.3. The largest absolute Gasteiger partial charge is 0.320 e. The minimum Gasteiger partial charge on any atom is -0.320 e. The summed E-state index contributed by atoms with van der Waals surface area (Å²) in [6, 6.07) is 11.1. The fourth-order valence-electron chi connectivity index (χ4n) is 5.69. The molecule has 0 saturated carbocycles. The summed E-state index contributed by atoms with van der Waals surface area (Å²) in [6.07, 6.45) is 30.7. The maximum atomic E-state index is 2.38. The first-order valence-electron chi connectivity index (χ1n) is 16.2. The third kappa shape index (κ3) is 18.1. The first-order valence-corrected chi connectivity index (χ1v) is 16.2. The van der Waals surface area contributed by atoms with Gasteiger partial charge in [-0.2, -0.15) is 0 Å². The van der Waals surface area contributed by atoms with Crippen LogP contribution in [0.15, 0.2) is 30.3 Å². The molecule has 0 unspecified atom stereocenters. The molecule has 35 heavy (non-hydrogen) atoms. The number of hydrogen-bond acceptors (Lipinski definition) is 0. The van der Waals surface area contributed by atoms with E-state index in [2.05, 4.69) is 51.1 Å². The third-order valence-electron chi connectivity index (χ3n) is 8.44. The molecule has 0 N–H and O–H groups in total. The van der Waals surface area contributed by atoms with Crippen molar-refractivity contribution in [3.05, 3.63) is 35.9 Å². The van der Waals surface area contributed by atoms with Crippen LogP contribution in [0.4, 0.5) is 0 Å². The Kier molecular flexibility index (Phi) is 21.7. The number of hydrogen-bond donors (Lipinski definition) is 0. The van der Waals surface area contributed by atoms with E-state index in [0.29, 0.717) is 0 Å². The topological polar surface area (TPSA) is 0 Å². The molecule has 0 aliphatic rings. The Labute approximate surface area is 222 Å². The van der Waals surface area contributed by atoms with Crippen molar-refractivity contribution in [1.82, 2.24) is 0 Å². The number of unbranched alkanes of at least 4 members (excludes halogenated alkanes) is 20. The zero-order valence-corrected chi connectivity index (χ0v) is 24.5. The first kappa shape index (κ1) is 32.2. The Hall–Kier alpha value is -0.820. The minimum absolute atomic E-state index is 1.20. The summed E-state index contributed by atoms with van der Waals surface area (Å²) in [4.78, 5) is 0. The molecule has 0 spiro atoms. The summed E-state index contributed by atoms with van der Waals surface area (Å²) in [6.45, 7) is 12.1. The van der Waals surface area contributed by atoms with Gasteiger partial charge in [-0.1, -0.05) is 159 Å². The van der Waals surface area contributed by atoms with Crippen LogP contribution in [0.25, 0.3) is 0 Å². The highest BCUT2D eigenvalue weighted by Crippen LogP contribution is 2.18. The summed E-state index contributed by atoms with van der Waals surface area (Å²) < 4.78 is 1.25. The quantitative estimate of drug-likeness (QED) is 0.0901. The average Bonchev–Trinajstić information content (AvgIpc) is 2.89. The maximum Gasteiger partial charge on any atom is 0.104 e. The number of benzene rings is 1. The fourth-order valence-corrected chi connectivity index (χ4v) is 5.69. The summed E-state index contributed by atoms with van der Waals surface area (Å²) in [5.41, 5.74) is 1.50. The van der Waals surface area contributed by atoms with Crippen molar-refractivity contribution in [3.8, 4) is 0 Å². The van der Waals surface area contributed by atoms with Gasteiger partial charge >= 0.3 is 0 Å². The standard InChI is InChI=1S/C34H64N/c1-4-7-8-9-10-11-12-13-14-15-16-17-18-19-20-21-22-23-24-25-29-32-35(5-2,6-3)33-34-30-27-26-28-31-34/h26-28,30-31H,4-25,29,32-33H2,1-3H3/q+1. The van der Waals surface area contributed by atoms with Crippen LogP contribution in [-0.2, 0) is 6.54 Å². The predicted octanol–water partition coefficient (Wildman–Crippen LogP) is 11.3. The van der Waals surface area contributed by atoms with Crippen LogP contribution in [0, 0.1) is 0 Å². The minimum atomic E-state index is 1.20. The van der Waals surface area contributed by atoms with E-state index < -0.39 is 0 Å². The van der Waals surface area contributed by atoms with Crippen LogP contribution in [0.2, 0.25) is 0 Å². The van der Waals surface area contributed by atoms with Gasteiger partial charge in [0.05, 0.1) is 19.6 Å². The molecule has 1 aromatic rings. The molecule has 0 fully saturated rings. The molecule has 0 aliphatic heterocycles. The molecule has 1 heteroatoms. The lowest BCUT2D eigenvalue weighted by atomic mass is 10.0. The molecule has 0 radical (unpaired) electrons. The second-order valence-corrected chi connectivity index (χ2v) is 11.4. The van der Waals surface area contributed by atoms with Crippen molar-refractivity contribution in [3.63, 3.8) is 0 Å². The summed E-state index contributed by atoms with van der Waals surface area (Å²) in [5.74, 6) is 0. The molecule has 0 amide bonds. The Morgan fingerprint density at radius 2 is 0.771 bits per heavy atom. The third-order valence-corrected chi connectivity index (χ3v) is 8.44. The molecule has 0 saturated heterocycles. The van der Waals surface area contributed by atoms with Crippen LogP contribution < -0.4 is 0 Å². The van der Waals surface area contributed by atoms with Gasteiger partial charge in [0.25, 0.3) is 0 Å². The highest BCUT2D eigenvalue weighted by Gasteiger charge is 2.22. The van der Waals surface area contributed by atoms with Gasteiger partial charge < -0.3 is 4.48 Å². The van der Waals surface area contributed by atoms with Crippen molar-refractivity contribution in [2.45, 2.75) is 162 Å². The SMILES string of the molecule is CCCCCCCCCCCCCCCCCCCCCCC[N+](CC)(CC)Cc1ccccc1. The molecule has 1 nitrogen and oxygen atoms in total. The molecular formula is C34H64N+.